The normalized spacial score (nSPS) is 17.6. The number of nitrogens with one attached hydrogen (secondary N) is 2. The Morgan fingerprint density at radius 2 is 1.88 bits per heavy atom. The molecule has 4 heterocycles. The largest absolute Gasteiger partial charge is 0.381 e. The first-order valence-electron chi connectivity index (χ1n) is 14.6. The number of ether oxygens (including phenoxy) is 1. The van der Waals surface area contributed by atoms with Crippen LogP contribution in [0.1, 0.15) is 41.6 Å². The summed E-state index contributed by atoms with van der Waals surface area (Å²) in [4.78, 5) is 31.6. The van der Waals surface area contributed by atoms with Crippen LogP contribution in [-0.4, -0.2) is 66.3 Å². The number of halogens is 1. The second kappa shape index (κ2) is 12.4. The van der Waals surface area contributed by atoms with E-state index in [0.29, 0.717) is 30.0 Å². The van der Waals surface area contributed by atoms with Gasteiger partial charge >= 0.3 is 0 Å². The van der Waals surface area contributed by atoms with Gasteiger partial charge in [0.1, 0.15) is 17.5 Å². The van der Waals surface area contributed by atoms with Crippen molar-refractivity contribution in [2.75, 3.05) is 48.5 Å². The highest BCUT2D eigenvalue weighted by Gasteiger charge is 2.32. The number of rotatable bonds is 7. The summed E-state index contributed by atoms with van der Waals surface area (Å²) in [6, 6.07) is 14.5. The number of anilines is 4. The molecule has 2 saturated heterocycles. The third-order valence-electron chi connectivity index (χ3n) is 8.26. The van der Waals surface area contributed by atoms with Crippen LogP contribution in [-0.2, 0) is 4.74 Å². The molecule has 0 unspecified atom stereocenters. The number of nitrogens with zero attached hydrogens (tertiary/aromatic N) is 5. The zero-order valence-corrected chi connectivity index (χ0v) is 24.0. The molecule has 42 heavy (non-hydrogen) atoms. The fourth-order valence-corrected chi connectivity index (χ4v) is 5.95. The first-order chi connectivity index (χ1) is 20.5. The number of carbonyl (C=O) groups is 1. The molecule has 6 rings (SSSR count). The minimum atomic E-state index is -0.619. The fraction of sp³-hybridized carbons (Fsp3) is 0.375. The third kappa shape index (κ3) is 5.77. The van der Waals surface area contributed by atoms with E-state index in [1.165, 1.54) is 12.1 Å². The summed E-state index contributed by atoms with van der Waals surface area (Å²) >= 11 is 0. The lowest BCUT2D eigenvalue weighted by atomic mass is 10.0. The maximum absolute atomic E-state index is 15.7. The molecule has 9 nitrogen and oxygen atoms in total. The summed E-state index contributed by atoms with van der Waals surface area (Å²) in [6.07, 6.45) is 7.00. The maximum Gasteiger partial charge on any atom is 0.262 e. The lowest BCUT2D eigenvalue weighted by Crippen LogP contribution is -2.49. The average Bonchev–Trinajstić information content (AvgIpc) is 3.02. The van der Waals surface area contributed by atoms with Crippen LogP contribution in [0.25, 0.3) is 10.8 Å². The predicted octanol–water partition coefficient (Wildman–Crippen LogP) is 5.23. The van der Waals surface area contributed by atoms with E-state index in [1.807, 2.05) is 44.3 Å². The average molecular weight is 570 g/mol. The molecule has 2 aromatic heterocycles. The Kier molecular flexibility index (Phi) is 8.25. The van der Waals surface area contributed by atoms with E-state index in [-0.39, 0.29) is 11.6 Å². The summed E-state index contributed by atoms with van der Waals surface area (Å²) in [5.74, 6) is 0.666. The van der Waals surface area contributed by atoms with E-state index < -0.39 is 11.7 Å². The summed E-state index contributed by atoms with van der Waals surface area (Å²) in [7, 11) is 2.02. The van der Waals surface area contributed by atoms with Gasteiger partial charge in [-0.1, -0.05) is 18.2 Å². The number of hydrogen-bond donors (Lipinski definition) is 2. The Morgan fingerprint density at radius 3 is 2.67 bits per heavy atom. The Morgan fingerprint density at radius 1 is 1.05 bits per heavy atom. The van der Waals surface area contributed by atoms with Crippen molar-refractivity contribution < 1.29 is 13.9 Å². The summed E-state index contributed by atoms with van der Waals surface area (Å²) in [5, 5.41) is 8.39. The molecule has 2 fully saturated rings. The van der Waals surface area contributed by atoms with Crippen LogP contribution in [0.4, 0.5) is 27.7 Å². The molecule has 1 amide bonds. The van der Waals surface area contributed by atoms with Gasteiger partial charge in [0.15, 0.2) is 0 Å². The lowest BCUT2D eigenvalue weighted by Gasteiger charge is -2.35. The van der Waals surface area contributed by atoms with Gasteiger partial charge in [-0.15, -0.1) is 0 Å². The van der Waals surface area contributed by atoms with Crippen molar-refractivity contribution >= 4 is 40.0 Å². The molecular formula is C32H36FN7O2. The Hall–Kier alpha value is -4.15. The molecule has 2 N–H and O–H groups in total. The zero-order valence-electron chi connectivity index (χ0n) is 24.0. The van der Waals surface area contributed by atoms with Crippen LogP contribution < -0.4 is 20.4 Å². The Bertz CT molecular complexity index is 1560. The number of piperidine rings is 1. The standard InChI is InChI=1S/C32H36FN7O2/c1-21-5-3-6-22-10-15-35-30(29(21)22)40(25-7-4-14-34-20-25)31(41)26-9-8-23(19-27(26)33)37-32-36-16-11-28(38-32)39(2)24-12-17-42-18-13-24/h3,5-6,8-11,15-16,19,24-25,34H,4,7,12-14,17-18,20H2,1-2H3,(H,36,37,38)/t25-/m1/s1. The summed E-state index contributed by atoms with van der Waals surface area (Å²) < 4.78 is 21.2. The Labute approximate surface area is 245 Å². The van der Waals surface area contributed by atoms with Gasteiger partial charge in [0, 0.05) is 56.3 Å². The van der Waals surface area contributed by atoms with Crippen LogP contribution in [0.3, 0.4) is 0 Å². The van der Waals surface area contributed by atoms with Crippen molar-refractivity contribution in [3.05, 3.63) is 77.9 Å². The lowest BCUT2D eigenvalue weighted by molar-refractivity contribution is 0.0853. The molecule has 2 aliphatic heterocycles. The number of hydrogen-bond acceptors (Lipinski definition) is 8. The van der Waals surface area contributed by atoms with Gasteiger partial charge in [0.2, 0.25) is 5.95 Å². The van der Waals surface area contributed by atoms with Crippen molar-refractivity contribution in [3.8, 4) is 0 Å². The Balaban J connectivity index is 1.27. The van der Waals surface area contributed by atoms with Crippen molar-refractivity contribution in [2.24, 2.45) is 0 Å². The third-order valence-corrected chi connectivity index (χ3v) is 8.26. The van der Waals surface area contributed by atoms with Crippen molar-refractivity contribution in [2.45, 2.75) is 44.7 Å². The predicted molar refractivity (Wildman–Crippen MR) is 163 cm³/mol. The van der Waals surface area contributed by atoms with Gasteiger partial charge in [0.25, 0.3) is 5.91 Å². The van der Waals surface area contributed by atoms with Gasteiger partial charge in [-0.05, 0) is 80.4 Å². The second-order valence-electron chi connectivity index (χ2n) is 11.0. The maximum atomic E-state index is 15.7. The summed E-state index contributed by atoms with van der Waals surface area (Å²) in [5.41, 5.74) is 1.47. The fourth-order valence-electron chi connectivity index (χ4n) is 5.95. The van der Waals surface area contributed by atoms with E-state index in [1.54, 1.807) is 23.4 Å². The molecule has 218 valence electrons. The number of fused-ring (bicyclic) bond motifs is 1. The van der Waals surface area contributed by atoms with E-state index in [4.69, 9.17) is 4.74 Å². The smallest absolute Gasteiger partial charge is 0.262 e. The number of aryl methyl sites for hydroxylation is 1. The second-order valence-corrected chi connectivity index (χ2v) is 11.0. The van der Waals surface area contributed by atoms with E-state index in [0.717, 1.165) is 67.6 Å². The molecule has 0 radical (unpaired) electrons. The van der Waals surface area contributed by atoms with Gasteiger partial charge < -0.3 is 20.3 Å². The molecule has 0 saturated carbocycles. The van der Waals surface area contributed by atoms with Crippen molar-refractivity contribution in [3.63, 3.8) is 0 Å². The van der Waals surface area contributed by atoms with Gasteiger partial charge in [-0.2, -0.15) is 4.98 Å². The van der Waals surface area contributed by atoms with E-state index in [2.05, 4.69) is 30.5 Å². The highest BCUT2D eigenvalue weighted by Crippen LogP contribution is 2.32. The van der Waals surface area contributed by atoms with Crippen molar-refractivity contribution in [1.82, 2.24) is 20.3 Å². The van der Waals surface area contributed by atoms with Crippen molar-refractivity contribution in [1.29, 1.82) is 0 Å². The van der Waals surface area contributed by atoms with E-state index >= 15 is 4.39 Å². The molecule has 2 aromatic carbocycles. The molecule has 0 aliphatic carbocycles. The van der Waals surface area contributed by atoms with E-state index in [9.17, 15) is 4.79 Å². The van der Waals surface area contributed by atoms with Crippen LogP contribution in [0, 0.1) is 12.7 Å². The van der Waals surface area contributed by atoms with Crippen LogP contribution in [0.2, 0.25) is 0 Å². The number of amides is 1. The highest BCUT2D eigenvalue weighted by molar-refractivity contribution is 6.11. The molecule has 1 atom stereocenters. The van der Waals surface area contributed by atoms with Gasteiger partial charge in [0.05, 0.1) is 11.6 Å². The molecule has 2 aliphatic rings. The molecule has 0 spiro atoms. The quantitative estimate of drug-likeness (QED) is 0.313. The number of benzene rings is 2. The SMILES string of the molecule is Cc1cccc2ccnc(N(C(=O)c3ccc(Nc4nccc(N(C)C5CCOCC5)n4)cc3F)[C@@H]3CCCNC3)c12. The van der Waals surface area contributed by atoms with Crippen LogP contribution >= 0.6 is 0 Å². The zero-order chi connectivity index (χ0) is 29.1. The number of pyridine rings is 1. The summed E-state index contributed by atoms with van der Waals surface area (Å²) in [6.45, 7) is 4.99. The topological polar surface area (TPSA) is 95.5 Å². The molecule has 10 heteroatoms. The van der Waals surface area contributed by atoms with Crippen LogP contribution in [0.5, 0.6) is 0 Å². The molecule has 4 aromatic rings. The first kappa shape index (κ1) is 28.0. The highest BCUT2D eigenvalue weighted by atomic mass is 19.1. The minimum absolute atomic E-state index is 0.00701. The van der Waals surface area contributed by atoms with Gasteiger partial charge in [-0.3, -0.25) is 9.69 Å². The first-order valence-corrected chi connectivity index (χ1v) is 14.6. The molecule has 0 bridgehead atoms. The van der Waals surface area contributed by atoms with Gasteiger partial charge in [-0.25, -0.2) is 14.4 Å². The monoisotopic (exact) mass is 569 g/mol. The minimum Gasteiger partial charge on any atom is -0.381 e. The molecular weight excluding hydrogens is 533 g/mol. The number of carbonyl (C=O) groups excluding carboxylic acids is 1. The van der Waals surface area contributed by atoms with Crippen LogP contribution in [0.15, 0.2) is 60.9 Å². The number of aromatic nitrogens is 3.